The molecule has 1 unspecified atom stereocenters. The average Bonchev–Trinajstić information content (AvgIpc) is 2.58. The van der Waals surface area contributed by atoms with Gasteiger partial charge in [-0.1, -0.05) is 0 Å². The van der Waals surface area contributed by atoms with Crippen molar-refractivity contribution in [3.05, 3.63) is 0 Å². The molecule has 1 fully saturated rings. The molecule has 2 heterocycles. The molecule has 0 amide bonds. The van der Waals surface area contributed by atoms with Gasteiger partial charge in [-0.15, -0.1) is 0 Å². The Kier molecular flexibility index (Phi) is 1.56. The Morgan fingerprint density at radius 2 is 2.42 bits per heavy atom. The summed E-state index contributed by atoms with van der Waals surface area (Å²) in [5, 5.41) is 0. The Morgan fingerprint density at radius 1 is 1.58 bits per heavy atom. The zero-order valence-corrected chi connectivity index (χ0v) is 6.40. The number of cyclic esters (lactones) is 2. The molecule has 0 N–H and O–H groups in total. The van der Waals surface area contributed by atoms with Gasteiger partial charge in [-0.3, -0.25) is 9.79 Å². The summed E-state index contributed by atoms with van der Waals surface area (Å²) in [5.74, 6) is -0.890. The summed E-state index contributed by atoms with van der Waals surface area (Å²) in [6.07, 6.45) is 1.76. The van der Waals surface area contributed by atoms with Gasteiger partial charge in [0.2, 0.25) is 0 Å². The number of carbonyl (C=O) groups excluding carboxylic acids is 2. The first kappa shape index (κ1) is 7.27. The molecule has 2 aliphatic rings. The van der Waals surface area contributed by atoms with E-state index in [1.807, 2.05) is 0 Å². The molecule has 0 bridgehead atoms. The Labute approximate surface area is 69.0 Å². The largest absolute Gasteiger partial charge is 0.392 e. The smallest absolute Gasteiger partial charge is 0.337 e. The summed E-state index contributed by atoms with van der Waals surface area (Å²) in [6.45, 7) is 1.39. The molecule has 1 atom stereocenters. The number of aliphatic imine (C=N–C) groups is 1. The molecule has 12 heavy (non-hydrogen) atoms. The third-order valence-corrected chi connectivity index (χ3v) is 1.96. The van der Waals surface area contributed by atoms with Crippen LogP contribution >= 0.6 is 0 Å². The highest BCUT2D eigenvalue weighted by molar-refractivity contribution is 5.98. The monoisotopic (exact) mass is 168 g/mol. The van der Waals surface area contributed by atoms with Crippen LogP contribution in [0.2, 0.25) is 0 Å². The third kappa shape index (κ3) is 1.07. The summed E-state index contributed by atoms with van der Waals surface area (Å²) in [5.41, 5.74) is 0. The van der Waals surface area contributed by atoms with E-state index in [0.717, 1.165) is 0 Å². The predicted molar refractivity (Wildman–Crippen MR) is 39.6 cm³/mol. The van der Waals surface area contributed by atoms with Crippen LogP contribution in [-0.2, 0) is 14.3 Å². The number of carbonyl (C=O) groups is 2. The van der Waals surface area contributed by atoms with Gasteiger partial charge in [0.25, 0.3) is 0 Å². The van der Waals surface area contributed by atoms with Crippen LogP contribution in [0.5, 0.6) is 0 Å². The van der Waals surface area contributed by atoms with Crippen molar-refractivity contribution in [1.82, 2.24) is 4.90 Å². The minimum absolute atomic E-state index is 0.158. The van der Waals surface area contributed by atoms with E-state index in [0.29, 0.717) is 13.1 Å². The first-order valence-electron chi connectivity index (χ1n) is 3.77. The van der Waals surface area contributed by atoms with Crippen molar-refractivity contribution in [1.29, 1.82) is 0 Å². The molecule has 1 saturated heterocycles. The lowest BCUT2D eigenvalue weighted by atomic mass is 10.2. The predicted octanol–water partition coefficient (Wildman–Crippen LogP) is -0.828. The standard InChI is InChI=1S/C7H8N2O3/c10-6-3-5(7(11)12-6)9-2-1-8-4-9/h4-5H,1-3H2. The van der Waals surface area contributed by atoms with Crippen LogP contribution in [0.25, 0.3) is 0 Å². The second kappa shape index (κ2) is 2.58. The minimum Gasteiger partial charge on any atom is -0.392 e. The van der Waals surface area contributed by atoms with E-state index < -0.39 is 18.0 Å². The van der Waals surface area contributed by atoms with Crippen LogP contribution in [0.3, 0.4) is 0 Å². The van der Waals surface area contributed by atoms with E-state index in [4.69, 9.17) is 0 Å². The molecule has 64 valence electrons. The van der Waals surface area contributed by atoms with Gasteiger partial charge in [-0.25, -0.2) is 4.79 Å². The summed E-state index contributed by atoms with van der Waals surface area (Å²) >= 11 is 0. The van der Waals surface area contributed by atoms with E-state index in [1.54, 1.807) is 11.2 Å². The van der Waals surface area contributed by atoms with Gasteiger partial charge in [-0.2, -0.15) is 0 Å². The second-order valence-electron chi connectivity index (χ2n) is 2.77. The molecule has 2 aliphatic heterocycles. The molecule has 0 aromatic heterocycles. The van der Waals surface area contributed by atoms with E-state index in [2.05, 4.69) is 9.73 Å². The topological polar surface area (TPSA) is 59.0 Å². The van der Waals surface area contributed by atoms with Crippen LogP contribution in [0.4, 0.5) is 0 Å². The van der Waals surface area contributed by atoms with Gasteiger partial charge < -0.3 is 9.64 Å². The van der Waals surface area contributed by atoms with Crippen LogP contribution < -0.4 is 0 Å². The highest BCUT2D eigenvalue weighted by Crippen LogP contribution is 2.15. The molecule has 5 heteroatoms. The fourth-order valence-corrected chi connectivity index (χ4v) is 1.35. The van der Waals surface area contributed by atoms with E-state index in [1.165, 1.54) is 0 Å². The molecular weight excluding hydrogens is 160 g/mol. The third-order valence-electron chi connectivity index (χ3n) is 1.96. The summed E-state index contributed by atoms with van der Waals surface area (Å²) in [6, 6.07) is -0.427. The van der Waals surface area contributed by atoms with Crippen molar-refractivity contribution in [2.24, 2.45) is 4.99 Å². The molecular formula is C7H8N2O3. The highest BCUT2D eigenvalue weighted by atomic mass is 16.6. The average molecular weight is 168 g/mol. The number of hydrogen-bond donors (Lipinski definition) is 0. The first-order chi connectivity index (χ1) is 5.77. The maximum Gasteiger partial charge on any atom is 0.337 e. The lowest BCUT2D eigenvalue weighted by Gasteiger charge is -2.16. The van der Waals surface area contributed by atoms with Crippen LogP contribution in [0, 0.1) is 0 Å². The van der Waals surface area contributed by atoms with E-state index in [9.17, 15) is 9.59 Å². The maximum absolute atomic E-state index is 11.0. The zero-order valence-electron chi connectivity index (χ0n) is 6.40. The number of nitrogens with zero attached hydrogens (tertiary/aromatic N) is 2. The lowest BCUT2D eigenvalue weighted by molar-refractivity contribution is -0.153. The minimum atomic E-state index is -0.451. The zero-order chi connectivity index (χ0) is 8.55. The molecule has 0 aromatic carbocycles. The maximum atomic E-state index is 11.0. The van der Waals surface area contributed by atoms with Gasteiger partial charge in [0.15, 0.2) is 0 Å². The number of rotatable bonds is 1. The fraction of sp³-hybridized carbons (Fsp3) is 0.571. The number of ether oxygens (including phenoxy) is 1. The Hall–Kier alpha value is -1.39. The van der Waals surface area contributed by atoms with Crippen LogP contribution in [0.1, 0.15) is 6.42 Å². The highest BCUT2D eigenvalue weighted by Gasteiger charge is 2.37. The van der Waals surface area contributed by atoms with Crippen molar-refractivity contribution >= 4 is 18.3 Å². The molecule has 0 spiro atoms. The Morgan fingerprint density at radius 3 is 2.92 bits per heavy atom. The Bertz CT molecular complexity index is 261. The van der Waals surface area contributed by atoms with Gasteiger partial charge in [0.1, 0.15) is 6.04 Å². The SMILES string of the molecule is O=C1CC(N2C=NCC2)C(=O)O1. The van der Waals surface area contributed by atoms with Crippen molar-refractivity contribution < 1.29 is 14.3 Å². The van der Waals surface area contributed by atoms with Crippen molar-refractivity contribution in [2.75, 3.05) is 13.1 Å². The van der Waals surface area contributed by atoms with Gasteiger partial charge >= 0.3 is 11.9 Å². The van der Waals surface area contributed by atoms with Crippen molar-refractivity contribution in [3.8, 4) is 0 Å². The van der Waals surface area contributed by atoms with Crippen molar-refractivity contribution in [3.63, 3.8) is 0 Å². The quantitative estimate of drug-likeness (QED) is 0.379. The van der Waals surface area contributed by atoms with Gasteiger partial charge in [0, 0.05) is 6.54 Å². The summed E-state index contributed by atoms with van der Waals surface area (Å²) in [4.78, 5) is 27.4. The summed E-state index contributed by atoms with van der Waals surface area (Å²) < 4.78 is 4.41. The molecule has 2 rings (SSSR count). The Balaban J connectivity index is 2.08. The second-order valence-corrected chi connectivity index (χ2v) is 2.77. The first-order valence-corrected chi connectivity index (χ1v) is 3.77. The van der Waals surface area contributed by atoms with Crippen LogP contribution in [0.15, 0.2) is 4.99 Å². The molecule has 5 nitrogen and oxygen atoms in total. The molecule has 0 saturated carbocycles. The van der Waals surface area contributed by atoms with E-state index >= 15 is 0 Å². The molecule has 0 aliphatic carbocycles. The lowest BCUT2D eigenvalue weighted by Crippen LogP contribution is -2.36. The van der Waals surface area contributed by atoms with Gasteiger partial charge in [0.05, 0.1) is 19.3 Å². The van der Waals surface area contributed by atoms with E-state index in [-0.39, 0.29) is 6.42 Å². The number of hydrogen-bond acceptors (Lipinski definition) is 5. The molecule has 0 aromatic rings. The van der Waals surface area contributed by atoms with Crippen LogP contribution in [-0.4, -0.2) is 42.3 Å². The van der Waals surface area contributed by atoms with Crippen molar-refractivity contribution in [2.45, 2.75) is 12.5 Å². The summed E-state index contributed by atoms with van der Waals surface area (Å²) in [7, 11) is 0. The number of esters is 2. The normalized spacial score (nSPS) is 28.3. The fourth-order valence-electron chi connectivity index (χ4n) is 1.35. The molecule has 0 radical (unpaired) electrons. The van der Waals surface area contributed by atoms with Gasteiger partial charge in [-0.05, 0) is 0 Å².